The van der Waals surface area contributed by atoms with Crippen molar-refractivity contribution >= 4 is 39.9 Å². The molecule has 10 heteroatoms. The van der Waals surface area contributed by atoms with Gasteiger partial charge in [-0.1, -0.05) is 35.9 Å². The Balaban J connectivity index is 1.64. The van der Waals surface area contributed by atoms with E-state index in [4.69, 9.17) is 22.3 Å². The molecule has 9 nitrogen and oxygen atoms in total. The second kappa shape index (κ2) is 7.81. The molecule has 3 aromatic heterocycles. The molecule has 2 N–H and O–H groups in total. The van der Waals surface area contributed by atoms with Crippen molar-refractivity contribution in [3.05, 3.63) is 81.6 Å². The number of nitrogens with two attached hydrogens (primary N) is 1. The van der Waals surface area contributed by atoms with Gasteiger partial charge < -0.3 is 10.6 Å². The first-order chi connectivity index (χ1) is 16.5. The number of anilines is 2. The summed E-state index contributed by atoms with van der Waals surface area (Å²) in [6.07, 6.45) is 5.10. The van der Waals surface area contributed by atoms with E-state index in [0.717, 1.165) is 30.6 Å². The number of fused-ring (bicyclic) bond motifs is 2. The van der Waals surface area contributed by atoms with Gasteiger partial charge in [0, 0.05) is 18.9 Å². The number of nitrogens with zero attached hydrogens (tertiary/aromatic N) is 7. The van der Waals surface area contributed by atoms with E-state index in [0.29, 0.717) is 33.2 Å². The maximum atomic E-state index is 13.9. The van der Waals surface area contributed by atoms with Crippen LogP contribution in [0.15, 0.2) is 59.7 Å². The van der Waals surface area contributed by atoms with Crippen LogP contribution in [0.2, 0.25) is 5.02 Å². The lowest BCUT2D eigenvalue weighted by atomic mass is 10.1. The van der Waals surface area contributed by atoms with E-state index in [2.05, 4.69) is 20.0 Å². The van der Waals surface area contributed by atoms with Gasteiger partial charge in [-0.15, -0.1) is 5.10 Å². The minimum Gasteiger partial charge on any atom is -0.366 e. The summed E-state index contributed by atoms with van der Waals surface area (Å²) in [5.41, 5.74) is 8.73. The fraction of sp³-hybridized carbons (Fsp3) is 0.208. The summed E-state index contributed by atoms with van der Waals surface area (Å²) >= 11 is 6.46. The second-order valence-electron chi connectivity index (χ2n) is 8.37. The lowest BCUT2D eigenvalue weighted by Gasteiger charge is -2.28. The second-order valence-corrected chi connectivity index (χ2v) is 8.78. The number of para-hydroxylation sites is 1. The zero-order chi connectivity index (χ0) is 23.4. The van der Waals surface area contributed by atoms with Crippen LogP contribution >= 0.6 is 11.6 Å². The number of aryl methyl sites for hydroxylation is 1. The summed E-state index contributed by atoms with van der Waals surface area (Å²) in [4.78, 5) is 30.0. The molecule has 0 spiro atoms. The van der Waals surface area contributed by atoms with Crippen LogP contribution in [-0.4, -0.2) is 35.7 Å². The van der Waals surface area contributed by atoms with Crippen molar-refractivity contribution in [3.63, 3.8) is 0 Å². The van der Waals surface area contributed by atoms with Crippen molar-refractivity contribution in [3.8, 4) is 5.69 Å². The fourth-order valence-corrected chi connectivity index (χ4v) is 5.04. The molecule has 0 amide bonds. The number of benzene rings is 2. The van der Waals surface area contributed by atoms with Crippen molar-refractivity contribution in [1.82, 2.24) is 29.1 Å². The molecule has 6 rings (SSSR count). The Hall–Kier alpha value is -3.98. The Kier molecular flexibility index (Phi) is 4.73. The number of hydrogen-bond acceptors (Lipinski definition) is 7. The predicted octanol–water partition coefficient (Wildman–Crippen LogP) is 3.71. The lowest BCUT2D eigenvalue weighted by molar-refractivity contribution is 0.631. The third-order valence-corrected chi connectivity index (χ3v) is 6.62. The van der Waals surface area contributed by atoms with Gasteiger partial charge in [-0.3, -0.25) is 9.36 Å². The molecule has 1 fully saturated rings. The molecule has 4 heterocycles. The number of aromatic nitrogens is 6. The van der Waals surface area contributed by atoms with Crippen LogP contribution in [0.5, 0.6) is 0 Å². The maximum absolute atomic E-state index is 13.9. The van der Waals surface area contributed by atoms with E-state index in [9.17, 15) is 4.79 Å². The Morgan fingerprint density at radius 2 is 1.97 bits per heavy atom. The molecule has 0 saturated carbocycles. The molecule has 0 radical (unpaired) electrons. The molecule has 170 valence electrons. The zero-order valence-corrected chi connectivity index (χ0v) is 19.1. The Morgan fingerprint density at radius 3 is 2.82 bits per heavy atom. The van der Waals surface area contributed by atoms with Gasteiger partial charge in [0.2, 0.25) is 5.95 Å². The number of halogens is 1. The maximum Gasteiger partial charge on any atom is 0.267 e. The third-order valence-electron chi connectivity index (χ3n) is 6.30. The summed E-state index contributed by atoms with van der Waals surface area (Å²) in [6.45, 7) is 2.70. The average molecular weight is 473 g/mol. The van der Waals surface area contributed by atoms with E-state index in [1.54, 1.807) is 27.5 Å². The first-order valence-corrected chi connectivity index (χ1v) is 11.4. The molecule has 0 aliphatic carbocycles. The predicted molar refractivity (Wildman–Crippen MR) is 132 cm³/mol. The van der Waals surface area contributed by atoms with Crippen molar-refractivity contribution in [1.29, 1.82) is 0 Å². The molecule has 1 atom stereocenters. The minimum absolute atomic E-state index is 0.153. The Bertz CT molecular complexity index is 1630. The first-order valence-electron chi connectivity index (χ1n) is 11.0. The van der Waals surface area contributed by atoms with Crippen molar-refractivity contribution in [2.75, 3.05) is 17.2 Å². The highest BCUT2D eigenvalue weighted by atomic mass is 35.5. The van der Waals surface area contributed by atoms with E-state index in [-0.39, 0.29) is 17.5 Å². The van der Waals surface area contributed by atoms with Crippen LogP contribution in [0.25, 0.3) is 22.2 Å². The van der Waals surface area contributed by atoms with Crippen LogP contribution in [0.1, 0.15) is 30.3 Å². The van der Waals surface area contributed by atoms with Gasteiger partial charge in [0.25, 0.3) is 5.56 Å². The third kappa shape index (κ3) is 3.12. The number of nitrogen functional groups attached to an aromatic ring is 1. The van der Waals surface area contributed by atoms with E-state index < -0.39 is 0 Å². The fourth-order valence-electron chi connectivity index (χ4n) is 4.79. The molecule has 1 unspecified atom stereocenters. The zero-order valence-electron chi connectivity index (χ0n) is 18.4. The summed E-state index contributed by atoms with van der Waals surface area (Å²) in [6, 6.07) is 12.9. The molecule has 1 aliphatic heterocycles. The normalized spacial score (nSPS) is 16.1. The van der Waals surface area contributed by atoms with Gasteiger partial charge in [0.1, 0.15) is 5.82 Å². The molecular formula is C24H21ClN8O. The van der Waals surface area contributed by atoms with Crippen molar-refractivity contribution < 1.29 is 0 Å². The lowest BCUT2D eigenvalue weighted by Crippen LogP contribution is -2.32. The molecule has 1 aliphatic rings. The summed E-state index contributed by atoms with van der Waals surface area (Å²) < 4.78 is 3.31. The van der Waals surface area contributed by atoms with Gasteiger partial charge in [0.15, 0.2) is 11.5 Å². The van der Waals surface area contributed by atoms with E-state index in [1.807, 2.05) is 43.3 Å². The summed E-state index contributed by atoms with van der Waals surface area (Å²) in [5.74, 6) is 1.41. The minimum atomic E-state index is -0.217. The SMILES string of the molecule is Cc1ccccc1-n1c(C2CCCN2c2nc(N)nn3ccnc23)nc2cccc(Cl)c2c1=O. The van der Waals surface area contributed by atoms with E-state index in [1.165, 1.54) is 0 Å². The average Bonchev–Trinajstić information content (AvgIpc) is 3.49. The molecule has 2 aromatic carbocycles. The molecule has 5 aromatic rings. The van der Waals surface area contributed by atoms with Crippen LogP contribution in [0.4, 0.5) is 11.8 Å². The van der Waals surface area contributed by atoms with Crippen molar-refractivity contribution in [2.24, 2.45) is 0 Å². The monoisotopic (exact) mass is 472 g/mol. The smallest absolute Gasteiger partial charge is 0.267 e. The first kappa shape index (κ1) is 20.6. The number of hydrogen-bond donors (Lipinski definition) is 1. The van der Waals surface area contributed by atoms with Gasteiger partial charge in [0.05, 0.1) is 27.7 Å². The Morgan fingerprint density at radius 1 is 1.12 bits per heavy atom. The van der Waals surface area contributed by atoms with Crippen LogP contribution in [0.3, 0.4) is 0 Å². The van der Waals surface area contributed by atoms with Gasteiger partial charge in [-0.05, 0) is 43.5 Å². The van der Waals surface area contributed by atoms with Crippen LogP contribution in [0, 0.1) is 6.92 Å². The van der Waals surface area contributed by atoms with Gasteiger partial charge in [-0.25, -0.2) is 14.5 Å². The summed E-state index contributed by atoms with van der Waals surface area (Å²) in [7, 11) is 0. The highest BCUT2D eigenvalue weighted by Gasteiger charge is 2.34. The Labute approximate surface area is 199 Å². The van der Waals surface area contributed by atoms with Crippen LogP contribution in [-0.2, 0) is 0 Å². The molecule has 0 bridgehead atoms. The molecule has 1 saturated heterocycles. The molecule has 34 heavy (non-hydrogen) atoms. The largest absolute Gasteiger partial charge is 0.366 e. The topological polar surface area (TPSA) is 107 Å². The highest BCUT2D eigenvalue weighted by Crippen LogP contribution is 2.37. The highest BCUT2D eigenvalue weighted by molar-refractivity contribution is 6.35. The van der Waals surface area contributed by atoms with Crippen molar-refractivity contribution in [2.45, 2.75) is 25.8 Å². The van der Waals surface area contributed by atoms with Crippen LogP contribution < -0.4 is 16.2 Å². The quantitative estimate of drug-likeness (QED) is 0.426. The van der Waals surface area contributed by atoms with E-state index >= 15 is 0 Å². The summed E-state index contributed by atoms with van der Waals surface area (Å²) in [5, 5.41) is 5.00. The van der Waals surface area contributed by atoms with Gasteiger partial charge >= 0.3 is 0 Å². The molecular weight excluding hydrogens is 452 g/mol. The number of imidazole rings is 1. The standard InChI is InChI=1S/C24H21ClN8O/c1-14-6-2-3-9-17(14)33-20(28-16-8-4-7-15(25)19(16)23(33)34)18-10-5-12-31(18)22-21-27-11-13-32(21)30-24(26)29-22/h2-4,6-9,11,13,18H,5,10,12H2,1H3,(H2,26,30). The van der Waals surface area contributed by atoms with Gasteiger partial charge in [-0.2, -0.15) is 4.98 Å². The number of rotatable bonds is 3.